The Morgan fingerprint density at radius 3 is 2.59 bits per heavy atom. The number of rotatable bonds is 10. The van der Waals surface area contributed by atoms with Gasteiger partial charge in [-0.2, -0.15) is 0 Å². The minimum absolute atomic E-state index is 0.00352. The van der Waals surface area contributed by atoms with Gasteiger partial charge in [-0.1, -0.05) is 18.2 Å². The number of aryl methyl sites for hydroxylation is 1. The summed E-state index contributed by atoms with van der Waals surface area (Å²) in [5.41, 5.74) is 3.75. The highest BCUT2D eigenvalue weighted by atomic mass is 16.5. The van der Waals surface area contributed by atoms with E-state index in [4.69, 9.17) is 14.2 Å². The number of methoxy groups -OCH3 is 1. The molecule has 200 valence electrons. The molecule has 0 aliphatic carbocycles. The molecule has 1 aliphatic rings. The molecule has 0 spiro atoms. The number of hydrogen-bond donors (Lipinski definition) is 3. The molecular formula is C31H30N2O6. The number of pyridine rings is 1. The molecule has 39 heavy (non-hydrogen) atoms. The summed E-state index contributed by atoms with van der Waals surface area (Å²) in [6.45, 7) is 1.05. The van der Waals surface area contributed by atoms with E-state index in [9.17, 15) is 15.0 Å². The van der Waals surface area contributed by atoms with Crippen molar-refractivity contribution in [3.8, 4) is 34.1 Å². The van der Waals surface area contributed by atoms with Gasteiger partial charge in [0.25, 0.3) is 0 Å². The molecule has 4 aromatic rings. The Morgan fingerprint density at radius 2 is 1.85 bits per heavy atom. The number of carbonyl (C=O) groups is 1. The van der Waals surface area contributed by atoms with E-state index in [1.165, 1.54) is 0 Å². The Morgan fingerprint density at radius 1 is 1.08 bits per heavy atom. The van der Waals surface area contributed by atoms with Gasteiger partial charge in [0, 0.05) is 31.0 Å². The Labute approximate surface area is 226 Å². The molecule has 2 atom stereocenters. The number of aliphatic hydroxyl groups excluding tert-OH is 1. The lowest BCUT2D eigenvalue weighted by atomic mass is 9.96. The number of aliphatic hydroxyl groups is 1. The van der Waals surface area contributed by atoms with Crippen LogP contribution in [0.3, 0.4) is 0 Å². The van der Waals surface area contributed by atoms with Crippen LogP contribution in [-0.4, -0.2) is 47.5 Å². The lowest BCUT2D eigenvalue weighted by Crippen LogP contribution is -2.36. The number of carboxylic acid groups (broad SMARTS) is 1. The van der Waals surface area contributed by atoms with Gasteiger partial charge >= 0.3 is 5.97 Å². The Bertz CT molecular complexity index is 1430. The summed E-state index contributed by atoms with van der Waals surface area (Å²) in [6, 6.07) is 21.8. The van der Waals surface area contributed by atoms with E-state index >= 15 is 0 Å². The first-order chi connectivity index (χ1) is 19.0. The summed E-state index contributed by atoms with van der Waals surface area (Å²) in [5, 5.41) is 23.3. The molecule has 0 amide bonds. The van der Waals surface area contributed by atoms with Crippen LogP contribution in [0.1, 0.15) is 34.0 Å². The van der Waals surface area contributed by atoms with E-state index in [0.29, 0.717) is 24.6 Å². The number of fused-ring (bicyclic) bond motifs is 1. The number of ether oxygens (including phenoxy) is 3. The molecule has 0 saturated heterocycles. The molecule has 3 N–H and O–H groups in total. The number of nitrogens with zero attached hydrogens (tertiary/aromatic N) is 1. The summed E-state index contributed by atoms with van der Waals surface area (Å²) in [6.07, 6.45) is 4.43. The number of hydrogen-bond acceptors (Lipinski definition) is 7. The second-order valence-electron chi connectivity index (χ2n) is 9.36. The van der Waals surface area contributed by atoms with Crippen molar-refractivity contribution >= 4 is 5.97 Å². The average molecular weight is 527 g/mol. The second-order valence-corrected chi connectivity index (χ2v) is 9.36. The third kappa shape index (κ3) is 6.37. The zero-order valence-electron chi connectivity index (χ0n) is 21.5. The topological polar surface area (TPSA) is 110 Å². The van der Waals surface area contributed by atoms with E-state index in [1.807, 2.05) is 24.3 Å². The van der Waals surface area contributed by atoms with E-state index < -0.39 is 12.1 Å². The van der Waals surface area contributed by atoms with Crippen molar-refractivity contribution < 1.29 is 29.2 Å². The summed E-state index contributed by atoms with van der Waals surface area (Å²) in [4.78, 5) is 15.9. The van der Waals surface area contributed by atoms with Gasteiger partial charge in [-0.3, -0.25) is 4.98 Å². The predicted molar refractivity (Wildman–Crippen MR) is 147 cm³/mol. The molecule has 5 rings (SSSR count). The number of nitrogens with one attached hydrogen (secondary N) is 1. The monoisotopic (exact) mass is 526 g/mol. The van der Waals surface area contributed by atoms with E-state index in [2.05, 4.69) is 16.4 Å². The second kappa shape index (κ2) is 12.0. The Hall–Kier alpha value is -4.40. The molecule has 0 radical (unpaired) electrons. The van der Waals surface area contributed by atoms with Crippen LogP contribution in [0.25, 0.3) is 11.1 Å². The highest BCUT2D eigenvalue weighted by molar-refractivity contribution is 5.92. The smallest absolute Gasteiger partial charge is 0.339 e. The number of aromatic carboxylic acids is 1. The molecule has 1 aliphatic heterocycles. The van der Waals surface area contributed by atoms with E-state index in [-0.39, 0.29) is 17.4 Å². The van der Waals surface area contributed by atoms with Gasteiger partial charge < -0.3 is 29.7 Å². The lowest BCUT2D eigenvalue weighted by Gasteiger charge is -2.27. The molecule has 8 heteroatoms. The Balaban J connectivity index is 1.26. The maximum atomic E-state index is 11.8. The van der Waals surface area contributed by atoms with Crippen LogP contribution in [0, 0.1) is 0 Å². The van der Waals surface area contributed by atoms with E-state index in [1.54, 1.807) is 62.0 Å². The van der Waals surface area contributed by atoms with Gasteiger partial charge in [0.2, 0.25) is 0 Å². The van der Waals surface area contributed by atoms with Crippen molar-refractivity contribution in [2.24, 2.45) is 0 Å². The van der Waals surface area contributed by atoms with Gasteiger partial charge in [0.05, 0.1) is 13.2 Å². The third-order valence-electron chi connectivity index (χ3n) is 6.70. The quantitative estimate of drug-likeness (QED) is 0.257. The van der Waals surface area contributed by atoms with Crippen LogP contribution in [-0.2, 0) is 6.42 Å². The number of aromatic nitrogens is 1. The van der Waals surface area contributed by atoms with Crippen LogP contribution in [0.2, 0.25) is 0 Å². The van der Waals surface area contributed by atoms with Crippen molar-refractivity contribution in [2.75, 3.05) is 20.2 Å². The molecule has 0 unspecified atom stereocenters. The van der Waals surface area contributed by atoms with Crippen molar-refractivity contribution in [2.45, 2.75) is 25.0 Å². The van der Waals surface area contributed by atoms with Crippen LogP contribution in [0.15, 0.2) is 85.2 Å². The summed E-state index contributed by atoms with van der Waals surface area (Å²) in [5.74, 6) is 1.24. The van der Waals surface area contributed by atoms with Gasteiger partial charge in [-0.15, -0.1) is 0 Å². The molecule has 8 nitrogen and oxygen atoms in total. The van der Waals surface area contributed by atoms with E-state index in [0.717, 1.165) is 40.8 Å². The minimum Gasteiger partial charge on any atom is -0.497 e. The summed E-state index contributed by atoms with van der Waals surface area (Å²) in [7, 11) is 1.58. The number of benzene rings is 3. The first-order valence-corrected chi connectivity index (χ1v) is 12.8. The van der Waals surface area contributed by atoms with Crippen LogP contribution < -0.4 is 19.5 Å². The molecule has 0 saturated carbocycles. The first-order valence-electron chi connectivity index (χ1n) is 12.8. The SMILES string of the molecule is COc1ccc(Oc2cc(-c3ccc4c(c3)CC[C@H](CNC[C@@H](O)c3cccnc3)O4)ccc2C(=O)O)cc1. The minimum atomic E-state index is -1.06. The Kier molecular flexibility index (Phi) is 8.05. The molecule has 3 aromatic carbocycles. The predicted octanol–water partition coefficient (Wildman–Crippen LogP) is 5.26. The van der Waals surface area contributed by atoms with Gasteiger partial charge in [0.1, 0.15) is 34.7 Å². The van der Waals surface area contributed by atoms with Gasteiger partial charge in [-0.05, 0) is 84.1 Å². The zero-order valence-corrected chi connectivity index (χ0v) is 21.5. The fraction of sp³-hybridized carbons (Fsp3) is 0.226. The fourth-order valence-electron chi connectivity index (χ4n) is 4.57. The number of carboxylic acids is 1. The lowest BCUT2D eigenvalue weighted by molar-refractivity contribution is 0.0694. The normalized spacial score (nSPS) is 15.1. The highest BCUT2D eigenvalue weighted by Gasteiger charge is 2.21. The summed E-state index contributed by atoms with van der Waals surface area (Å²) >= 11 is 0. The fourth-order valence-corrected chi connectivity index (χ4v) is 4.57. The maximum Gasteiger partial charge on any atom is 0.339 e. The van der Waals surface area contributed by atoms with Crippen LogP contribution in [0.5, 0.6) is 23.0 Å². The van der Waals surface area contributed by atoms with Crippen molar-refractivity contribution in [3.63, 3.8) is 0 Å². The highest BCUT2D eigenvalue weighted by Crippen LogP contribution is 2.35. The molecular weight excluding hydrogens is 496 g/mol. The van der Waals surface area contributed by atoms with Crippen LogP contribution >= 0.6 is 0 Å². The molecule has 0 bridgehead atoms. The third-order valence-corrected chi connectivity index (χ3v) is 6.70. The zero-order chi connectivity index (χ0) is 27.2. The standard InChI is InChI=1S/C31H30N2O6/c1-37-24-8-10-25(11-9-24)38-30-16-21(5-12-27(30)31(35)36)20-6-13-29-22(15-20)4-7-26(39-29)18-33-19-28(34)23-3-2-14-32-17-23/h2-3,5-6,8-17,26,28,33-34H,4,7,18-19H2,1H3,(H,35,36)/t26-,28-/m1/s1. The first kappa shape index (κ1) is 26.2. The van der Waals surface area contributed by atoms with Gasteiger partial charge in [0.15, 0.2) is 0 Å². The summed E-state index contributed by atoms with van der Waals surface area (Å²) < 4.78 is 17.3. The van der Waals surface area contributed by atoms with Crippen LogP contribution in [0.4, 0.5) is 0 Å². The van der Waals surface area contributed by atoms with Gasteiger partial charge in [-0.25, -0.2) is 4.79 Å². The maximum absolute atomic E-state index is 11.8. The van der Waals surface area contributed by atoms with Crippen molar-refractivity contribution in [1.82, 2.24) is 10.3 Å². The molecule has 0 fully saturated rings. The molecule has 1 aromatic heterocycles. The largest absolute Gasteiger partial charge is 0.497 e. The van der Waals surface area contributed by atoms with Crippen molar-refractivity contribution in [3.05, 3.63) is 102 Å². The average Bonchev–Trinajstić information content (AvgIpc) is 2.97. The van der Waals surface area contributed by atoms with Crippen molar-refractivity contribution in [1.29, 1.82) is 0 Å². The molecule has 2 heterocycles.